The summed E-state index contributed by atoms with van der Waals surface area (Å²) in [6, 6.07) is 9.80. The maximum Gasteiger partial charge on any atom is 0.257 e. The van der Waals surface area contributed by atoms with Gasteiger partial charge in [0.2, 0.25) is 0 Å². The summed E-state index contributed by atoms with van der Waals surface area (Å²) in [7, 11) is 0. The summed E-state index contributed by atoms with van der Waals surface area (Å²) >= 11 is 0. The average Bonchev–Trinajstić information content (AvgIpc) is 2.97. The minimum Gasteiger partial charge on any atom is -0.393 e. The minimum absolute atomic E-state index is 0.0359. The fourth-order valence-electron chi connectivity index (χ4n) is 3.14. The first-order chi connectivity index (χ1) is 11.1. The molecule has 1 fully saturated rings. The molecular weight excluding hydrogens is 290 g/mol. The first kappa shape index (κ1) is 15.7. The zero-order valence-corrected chi connectivity index (χ0v) is 13.6. The summed E-state index contributed by atoms with van der Waals surface area (Å²) in [6.07, 6.45) is 3.23. The molecule has 1 aliphatic rings. The zero-order chi connectivity index (χ0) is 16.4. The van der Waals surface area contributed by atoms with Gasteiger partial charge in [-0.2, -0.15) is 5.10 Å². The van der Waals surface area contributed by atoms with Gasteiger partial charge in [0, 0.05) is 19.3 Å². The molecule has 1 amide bonds. The second-order valence-corrected chi connectivity index (χ2v) is 6.28. The number of carbonyl (C=O) groups excluding carboxylic acids is 1. The largest absolute Gasteiger partial charge is 0.393 e. The van der Waals surface area contributed by atoms with Gasteiger partial charge in [-0.25, -0.2) is 4.68 Å². The molecule has 1 unspecified atom stereocenters. The number of hydrogen-bond donors (Lipinski definition) is 1. The van der Waals surface area contributed by atoms with Crippen molar-refractivity contribution in [3.8, 4) is 5.69 Å². The Bertz CT molecular complexity index is 671. The lowest BCUT2D eigenvalue weighted by molar-refractivity contribution is 0.0521. The number of aromatic nitrogens is 2. The van der Waals surface area contributed by atoms with Crippen molar-refractivity contribution in [2.24, 2.45) is 5.92 Å². The Kier molecular flexibility index (Phi) is 4.48. The van der Waals surface area contributed by atoms with Crippen molar-refractivity contribution >= 4 is 5.91 Å². The van der Waals surface area contributed by atoms with E-state index in [1.54, 1.807) is 4.68 Å². The van der Waals surface area contributed by atoms with Crippen molar-refractivity contribution in [3.63, 3.8) is 0 Å². The van der Waals surface area contributed by atoms with Crippen molar-refractivity contribution in [3.05, 3.63) is 47.8 Å². The third-order valence-corrected chi connectivity index (χ3v) is 4.66. The number of para-hydroxylation sites is 1. The second kappa shape index (κ2) is 6.54. The van der Waals surface area contributed by atoms with Crippen LogP contribution in [-0.2, 0) is 0 Å². The third-order valence-electron chi connectivity index (χ3n) is 4.66. The number of nitrogens with zero attached hydrogens (tertiary/aromatic N) is 3. The van der Waals surface area contributed by atoms with E-state index in [2.05, 4.69) is 5.10 Å². The Hall–Kier alpha value is -2.14. The molecule has 0 aliphatic carbocycles. The average molecular weight is 313 g/mol. The molecule has 2 aromatic rings. The van der Waals surface area contributed by atoms with Crippen LogP contribution in [0.5, 0.6) is 0 Å². The lowest BCUT2D eigenvalue weighted by Gasteiger charge is -2.33. The SMILES string of the molecule is Cc1nn(-c2ccccc2)cc1C(=O)N1CCC(C(C)O)CC1. The molecule has 3 rings (SSSR count). The topological polar surface area (TPSA) is 58.4 Å². The summed E-state index contributed by atoms with van der Waals surface area (Å²) < 4.78 is 1.76. The molecule has 1 aromatic heterocycles. The number of benzene rings is 1. The fourth-order valence-corrected chi connectivity index (χ4v) is 3.14. The Morgan fingerprint density at radius 1 is 1.26 bits per heavy atom. The monoisotopic (exact) mass is 313 g/mol. The van der Waals surface area contributed by atoms with E-state index in [9.17, 15) is 9.90 Å². The van der Waals surface area contributed by atoms with E-state index in [0.29, 0.717) is 24.6 Å². The number of hydrogen-bond acceptors (Lipinski definition) is 3. The van der Waals surface area contributed by atoms with Crippen molar-refractivity contribution in [1.82, 2.24) is 14.7 Å². The molecule has 1 atom stereocenters. The number of rotatable bonds is 3. The Morgan fingerprint density at radius 2 is 1.91 bits per heavy atom. The van der Waals surface area contributed by atoms with Crippen molar-refractivity contribution < 1.29 is 9.90 Å². The maximum atomic E-state index is 12.8. The van der Waals surface area contributed by atoms with Gasteiger partial charge in [-0.1, -0.05) is 18.2 Å². The Balaban J connectivity index is 1.75. The standard InChI is InChI=1S/C18H23N3O2/c1-13-17(12-21(19-13)16-6-4-3-5-7-16)18(23)20-10-8-15(9-11-20)14(2)22/h3-7,12,14-15,22H,8-11H2,1-2H3. The Morgan fingerprint density at radius 3 is 2.52 bits per heavy atom. The van der Waals surface area contributed by atoms with Gasteiger partial charge in [0.25, 0.3) is 5.91 Å². The molecule has 23 heavy (non-hydrogen) atoms. The van der Waals surface area contributed by atoms with E-state index >= 15 is 0 Å². The summed E-state index contributed by atoms with van der Waals surface area (Å²) in [5, 5.41) is 14.1. The normalized spacial score (nSPS) is 17.3. The predicted octanol–water partition coefficient (Wildman–Crippen LogP) is 2.41. The molecule has 0 radical (unpaired) electrons. The summed E-state index contributed by atoms with van der Waals surface area (Å²) in [5.74, 6) is 0.334. The summed E-state index contributed by atoms with van der Waals surface area (Å²) in [4.78, 5) is 14.6. The van der Waals surface area contributed by atoms with Crippen LogP contribution < -0.4 is 0 Å². The lowest BCUT2D eigenvalue weighted by Crippen LogP contribution is -2.40. The van der Waals surface area contributed by atoms with E-state index in [4.69, 9.17) is 0 Å². The smallest absolute Gasteiger partial charge is 0.257 e. The molecule has 1 aromatic carbocycles. The molecular formula is C18H23N3O2. The number of amides is 1. The third kappa shape index (κ3) is 3.29. The number of piperidine rings is 1. The number of likely N-dealkylation sites (tertiary alicyclic amines) is 1. The number of aliphatic hydroxyl groups excluding tert-OH is 1. The van der Waals surface area contributed by atoms with Crippen LogP contribution in [0.25, 0.3) is 5.69 Å². The van der Waals surface area contributed by atoms with E-state index < -0.39 is 0 Å². The van der Waals surface area contributed by atoms with Gasteiger partial charge in [-0.05, 0) is 44.7 Å². The highest BCUT2D eigenvalue weighted by atomic mass is 16.3. The van der Waals surface area contributed by atoms with Gasteiger partial charge in [-0.15, -0.1) is 0 Å². The first-order valence-electron chi connectivity index (χ1n) is 8.15. The zero-order valence-electron chi connectivity index (χ0n) is 13.6. The molecule has 0 bridgehead atoms. The van der Waals surface area contributed by atoms with E-state index in [1.807, 2.05) is 55.3 Å². The second-order valence-electron chi connectivity index (χ2n) is 6.28. The van der Waals surface area contributed by atoms with E-state index in [0.717, 1.165) is 24.2 Å². The van der Waals surface area contributed by atoms with Crippen LogP contribution >= 0.6 is 0 Å². The van der Waals surface area contributed by atoms with Gasteiger partial charge >= 0.3 is 0 Å². The van der Waals surface area contributed by atoms with Crippen LogP contribution in [-0.4, -0.2) is 44.9 Å². The number of carbonyl (C=O) groups is 1. The molecule has 2 heterocycles. The van der Waals surface area contributed by atoms with Crippen molar-refractivity contribution in [2.45, 2.75) is 32.8 Å². The van der Waals surface area contributed by atoms with Gasteiger partial charge in [0.15, 0.2) is 0 Å². The molecule has 5 nitrogen and oxygen atoms in total. The van der Waals surface area contributed by atoms with Crippen LogP contribution in [0.4, 0.5) is 0 Å². The highest BCUT2D eigenvalue weighted by Crippen LogP contribution is 2.23. The van der Waals surface area contributed by atoms with Crippen LogP contribution in [0.3, 0.4) is 0 Å². The summed E-state index contributed by atoms with van der Waals surface area (Å²) in [6.45, 7) is 5.10. The molecule has 1 N–H and O–H groups in total. The van der Waals surface area contributed by atoms with E-state index in [1.165, 1.54) is 0 Å². The number of aliphatic hydroxyl groups is 1. The van der Waals surface area contributed by atoms with Crippen molar-refractivity contribution in [1.29, 1.82) is 0 Å². The van der Waals surface area contributed by atoms with Crippen LogP contribution in [0, 0.1) is 12.8 Å². The quantitative estimate of drug-likeness (QED) is 0.946. The van der Waals surface area contributed by atoms with Crippen LogP contribution in [0.1, 0.15) is 35.8 Å². The Labute approximate surface area is 136 Å². The van der Waals surface area contributed by atoms with Gasteiger partial charge in [-0.3, -0.25) is 4.79 Å². The van der Waals surface area contributed by atoms with Crippen molar-refractivity contribution in [2.75, 3.05) is 13.1 Å². The predicted molar refractivity (Wildman–Crippen MR) is 88.6 cm³/mol. The lowest BCUT2D eigenvalue weighted by atomic mass is 9.92. The minimum atomic E-state index is -0.296. The molecule has 1 aliphatic heterocycles. The molecule has 0 spiro atoms. The highest BCUT2D eigenvalue weighted by molar-refractivity contribution is 5.95. The van der Waals surface area contributed by atoms with Gasteiger partial charge in [0.05, 0.1) is 23.0 Å². The van der Waals surface area contributed by atoms with Crippen LogP contribution in [0.15, 0.2) is 36.5 Å². The van der Waals surface area contributed by atoms with E-state index in [-0.39, 0.29) is 12.0 Å². The van der Waals surface area contributed by atoms with Gasteiger partial charge < -0.3 is 10.0 Å². The maximum absolute atomic E-state index is 12.8. The molecule has 122 valence electrons. The highest BCUT2D eigenvalue weighted by Gasteiger charge is 2.27. The molecule has 5 heteroatoms. The van der Waals surface area contributed by atoms with Gasteiger partial charge in [0.1, 0.15) is 0 Å². The summed E-state index contributed by atoms with van der Waals surface area (Å²) in [5.41, 5.74) is 2.35. The van der Waals surface area contributed by atoms with Crippen LogP contribution in [0.2, 0.25) is 0 Å². The first-order valence-corrected chi connectivity index (χ1v) is 8.15. The molecule has 0 saturated carbocycles. The number of aryl methyl sites for hydroxylation is 1. The molecule has 1 saturated heterocycles. The fraction of sp³-hybridized carbons (Fsp3) is 0.444.